The van der Waals surface area contributed by atoms with Crippen LogP contribution in [0, 0.1) is 16.7 Å². The molecule has 1 N–H and O–H groups in total. The summed E-state index contributed by atoms with van der Waals surface area (Å²) in [6.45, 7) is 0.0178. The summed E-state index contributed by atoms with van der Waals surface area (Å²) in [6, 6.07) is 9.13. The fraction of sp³-hybridized carbons (Fsp3) is 0.471. The zero-order valence-corrected chi connectivity index (χ0v) is 13.1. The minimum atomic E-state index is -1.03. The van der Waals surface area contributed by atoms with Gasteiger partial charge in [0.15, 0.2) is 6.61 Å². The summed E-state index contributed by atoms with van der Waals surface area (Å²) >= 11 is 0. The Balaban J connectivity index is 1.97. The van der Waals surface area contributed by atoms with Crippen LogP contribution in [-0.4, -0.2) is 35.5 Å². The van der Waals surface area contributed by atoms with Gasteiger partial charge in [-0.15, -0.1) is 0 Å². The molecule has 1 aromatic rings. The van der Waals surface area contributed by atoms with E-state index in [9.17, 15) is 14.9 Å². The Morgan fingerprint density at radius 3 is 2.43 bits per heavy atom. The fourth-order valence-corrected chi connectivity index (χ4v) is 2.90. The Morgan fingerprint density at radius 1 is 1.30 bits per heavy atom. The van der Waals surface area contributed by atoms with E-state index >= 15 is 0 Å². The van der Waals surface area contributed by atoms with Crippen molar-refractivity contribution in [1.29, 1.82) is 5.26 Å². The summed E-state index contributed by atoms with van der Waals surface area (Å²) in [6.07, 6.45) is 3.11. The van der Waals surface area contributed by atoms with Gasteiger partial charge in [0.25, 0.3) is 0 Å². The molecule has 6 nitrogen and oxygen atoms in total. The van der Waals surface area contributed by atoms with Crippen molar-refractivity contribution in [2.24, 2.45) is 5.41 Å². The fourth-order valence-electron chi connectivity index (χ4n) is 2.90. The molecule has 0 saturated heterocycles. The van der Waals surface area contributed by atoms with Crippen LogP contribution in [0.15, 0.2) is 24.3 Å². The Kier molecular flexibility index (Phi) is 5.22. The smallest absolute Gasteiger partial charge is 0.341 e. The van der Waals surface area contributed by atoms with Crippen LogP contribution in [0.25, 0.3) is 0 Å². The van der Waals surface area contributed by atoms with Gasteiger partial charge in [-0.2, -0.15) is 5.26 Å². The second kappa shape index (κ2) is 7.14. The van der Waals surface area contributed by atoms with Crippen LogP contribution in [0.4, 0.5) is 0 Å². The lowest BCUT2D eigenvalue weighted by Gasteiger charge is -2.26. The molecule has 0 atom stereocenters. The third-order valence-corrected chi connectivity index (χ3v) is 4.13. The molecule has 1 aromatic carbocycles. The van der Waals surface area contributed by atoms with Crippen molar-refractivity contribution in [3.63, 3.8) is 0 Å². The van der Waals surface area contributed by atoms with Gasteiger partial charge in [-0.25, -0.2) is 4.79 Å². The number of hydrogen-bond donors (Lipinski definition) is 1. The number of hydrogen-bond acceptors (Lipinski definition) is 4. The van der Waals surface area contributed by atoms with Crippen molar-refractivity contribution in [1.82, 2.24) is 4.90 Å². The third-order valence-electron chi connectivity index (χ3n) is 4.13. The number of carbonyl (C=O) groups is 2. The van der Waals surface area contributed by atoms with E-state index in [1.165, 1.54) is 0 Å². The first kappa shape index (κ1) is 16.8. The van der Waals surface area contributed by atoms with Gasteiger partial charge in [0.1, 0.15) is 11.2 Å². The lowest BCUT2D eigenvalue weighted by atomic mass is 9.86. The van der Waals surface area contributed by atoms with Crippen molar-refractivity contribution in [2.45, 2.75) is 32.2 Å². The Morgan fingerprint density at radius 2 is 1.91 bits per heavy atom. The van der Waals surface area contributed by atoms with Gasteiger partial charge in [-0.05, 0) is 30.5 Å². The number of amides is 1. The Labute approximate surface area is 135 Å². The highest BCUT2D eigenvalue weighted by Crippen LogP contribution is 2.39. The molecule has 0 heterocycles. The molecule has 1 aliphatic rings. The molecule has 1 fully saturated rings. The number of nitrogens with zero attached hydrogens (tertiary/aromatic N) is 2. The van der Waals surface area contributed by atoms with Crippen LogP contribution in [0.1, 0.15) is 31.2 Å². The van der Waals surface area contributed by atoms with Gasteiger partial charge in [-0.3, -0.25) is 4.79 Å². The number of carboxylic acid groups (broad SMARTS) is 1. The Bertz CT molecular complexity index is 612. The number of ether oxygens (including phenoxy) is 1. The second-order valence-electron chi connectivity index (χ2n) is 5.89. The van der Waals surface area contributed by atoms with Gasteiger partial charge in [0, 0.05) is 13.6 Å². The number of aliphatic carboxylic acids is 1. The molecule has 1 saturated carbocycles. The van der Waals surface area contributed by atoms with E-state index in [2.05, 4.69) is 6.07 Å². The van der Waals surface area contributed by atoms with Crippen LogP contribution < -0.4 is 4.74 Å². The standard InChI is InChI=1S/C17H20N2O4/c1-19(16(22)17(12-18)8-2-3-9-17)10-13-4-6-14(7-5-13)23-11-15(20)21/h4-7H,2-3,8-11H2,1H3,(H,20,21). The Hall–Kier alpha value is -2.55. The summed E-state index contributed by atoms with van der Waals surface area (Å²) in [4.78, 5) is 24.6. The summed E-state index contributed by atoms with van der Waals surface area (Å²) in [5, 5.41) is 17.9. The van der Waals surface area contributed by atoms with E-state index in [4.69, 9.17) is 9.84 Å². The molecule has 122 valence electrons. The summed E-state index contributed by atoms with van der Waals surface area (Å²) < 4.78 is 5.07. The van der Waals surface area contributed by atoms with Crippen LogP contribution in [-0.2, 0) is 16.1 Å². The van der Waals surface area contributed by atoms with Crippen LogP contribution in [0.3, 0.4) is 0 Å². The molecule has 6 heteroatoms. The maximum atomic E-state index is 12.6. The predicted molar refractivity (Wildman–Crippen MR) is 82.6 cm³/mol. The first-order valence-corrected chi connectivity index (χ1v) is 7.57. The molecule has 0 aromatic heterocycles. The van der Waals surface area contributed by atoms with Crippen LogP contribution in [0.5, 0.6) is 5.75 Å². The lowest BCUT2D eigenvalue weighted by molar-refractivity contribution is -0.139. The van der Waals surface area contributed by atoms with Crippen molar-refractivity contribution in [2.75, 3.05) is 13.7 Å². The summed E-state index contributed by atoms with van der Waals surface area (Å²) in [7, 11) is 1.70. The van der Waals surface area contributed by atoms with Crippen molar-refractivity contribution >= 4 is 11.9 Å². The van der Waals surface area contributed by atoms with Crippen LogP contribution in [0.2, 0.25) is 0 Å². The van der Waals surface area contributed by atoms with Gasteiger partial charge in [0.05, 0.1) is 6.07 Å². The van der Waals surface area contributed by atoms with Gasteiger partial charge < -0.3 is 14.7 Å². The van der Waals surface area contributed by atoms with Gasteiger partial charge in [-0.1, -0.05) is 25.0 Å². The SMILES string of the molecule is CN(Cc1ccc(OCC(=O)O)cc1)C(=O)C1(C#N)CCCC1. The monoisotopic (exact) mass is 316 g/mol. The molecule has 0 aliphatic heterocycles. The number of carboxylic acids is 1. The average molecular weight is 316 g/mol. The molecular formula is C17H20N2O4. The van der Waals surface area contributed by atoms with E-state index in [-0.39, 0.29) is 12.5 Å². The van der Waals surface area contributed by atoms with E-state index in [0.717, 1.165) is 18.4 Å². The van der Waals surface area contributed by atoms with E-state index in [1.807, 2.05) is 0 Å². The van der Waals surface area contributed by atoms with E-state index in [0.29, 0.717) is 25.1 Å². The molecule has 1 amide bonds. The lowest BCUT2D eigenvalue weighted by Crippen LogP contribution is -2.39. The minimum absolute atomic E-state index is 0.122. The third kappa shape index (κ3) is 4.01. The minimum Gasteiger partial charge on any atom is -0.482 e. The first-order valence-electron chi connectivity index (χ1n) is 7.57. The van der Waals surface area contributed by atoms with Gasteiger partial charge in [0.2, 0.25) is 5.91 Å². The molecule has 0 spiro atoms. The van der Waals surface area contributed by atoms with E-state index in [1.54, 1.807) is 36.2 Å². The topological polar surface area (TPSA) is 90.6 Å². The normalized spacial score (nSPS) is 15.7. The number of rotatable bonds is 6. The average Bonchev–Trinajstić information content (AvgIpc) is 3.03. The van der Waals surface area contributed by atoms with Crippen molar-refractivity contribution in [3.8, 4) is 11.8 Å². The maximum absolute atomic E-state index is 12.6. The van der Waals surface area contributed by atoms with Crippen LogP contribution >= 0.6 is 0 Å². The van der Waals surface area contributed by atoms with Gasteiger partial charge >= 0.3 is 5.97 Å². The van der Waals surface area contributed by atoms with Crippen molar-refractivity contribution < 1.29 is 19.4 Å². The molecule has 1 aliphatic carbocycles. The van der Waals surface area contributed by atoms with E-state index < -0.39 is 11.4 Å². The summed E-state index contributed by atoms with van der Waals surface area (Å²) in [5.74, 6) is -0.684. The molecule has 23 heavy (non-hydrogen) atoms. The first-order chi connectivity index (χ1) is 11.0. The maximum Gasteiger partial charge on any atom is 0.341 e. The highest BCUT2D eigenvalue weighted by atomic mass is 16.5. The molecular weight excluding hydrogens is 296 g/mol. The number of nitriles is 1. The zero-order valence-electron chi connectivity index (χ0n) is 13.1. The largest absolute Gasteiger partial charge is 0.482 e. The highest BCUT2D eigenvalue weighted by Gasteiger charge is 2.43. The highest BCUT2D eigenvalue weighted by molar-refractivity contribution is 5.85. The second-order valence-corrected chi connectivity index (χ2v) is 5.89. The molecule has 0 unspecified atom stereocenters. The molecule has 0 bridgehead atoms. The van der Waals surface area contributed by atoms with Crippen molar-refractivity contribution in [3.05, 3.63) is 29.8 Å². The molecule has 0 radical (unpaired) electrons. The molecule has 2 rings (SSSR count). The quantitative estimate of drug-likeness (QED) is 0.868. The summed E-state index contributed by atoms with van der Waals surface area (Å²) in [5.41, 5.74) is 0.0360. The zero-order chi connectivity index (χ0) is 16.9. The number of carbonyl (C=O) groups excluding carboxylic acids is 1. The number of benzene rings is 1. The predicted octanol–water partition coefficient (Wildman–Crippen LogP) is 2.19.